The van der Waals surface area contributed by atoms with E-state index in [9.17, 15) is 9.59 Å². The number of carbonyl (C=O) groups is 1. The molecule has 2 heterocycles. The molecule has 0 spiro atoms. The highest BCUT2D eigenvalue weighted by Crippen LogP contribution is 2.25. The van der Waals surface area contributed by atoms with E-state index in [4.69, 9.17) is 9.72 Å². The predicted molar refractivity (Wildman–Crippen MR) is 133 cm³/mol. The number of rotatable bonds is 8. The zero-order valence-corrected chi connectivity index (χ0v) is 19.7. The molecule has 0 unspecified atom stereocenters. The first-order valence-corrected chi connectivity index (χ1v) is 11.4. The predicted octanol–water partition coefficient (Wildman–Crippen LogP) is 5.01. The molecular formula is C27H28N4O3. The second kappa shape index (κ2) is 9.87. The second-order valence-electron chi connectivity index (χ2n) is 8.23. The fraction of sp³-hybridized carbons (Fsp3) is 0.259. The quantitative estimate of drug-likeness (QED) is 0.212. The van der Waals surface area contributed by atoms with Gasteiger partial charge >= 0.3 is 11.7 Å². The molecule has 2 aromatic carbocycles. The molecular weight excluding hydrogens is 428 g/mol. The van der Waals surface area contributed by atoms with Crippen molar-refractivity contribution in [3.8, 4) is 17.1 Å². The van der Waals surface area contributed by atoms with Crippen LogP contribution < -0.4 is 5.69 Å². The molecule has 4 rings (SSSR count). The number of ether oxygens (including phenoxy) is 1. The second-order valence-corrected chi connectivity index (χ2v) is 8.23. The monoisotopic (exact) mass is 456 g/mol. The third-order valence-corrected chi connectivity index (χ3v) is 5.67. The van der Waals surface area contributed by atoms with Crippen molar-refractivity contribution in [1.82, 2.24) is 19.1 Å². The summed E-state index contributed by atoms with van der Waals surface area (Å²) >= 11 is 0. The van der Waals surface area contributed by atoms with Gasteiger partial charge in [-0.1, -0.05) is 67.4 Å². The molecule has 0 atom stereocenters. The summed E-state index contributed by atoms with van der Waals surface area (Å²) in [5.41, 5.74) is 3.89. The Balaban J connectivity index is 2.07. The lowest BCUT2D eigenvalue weighted by Gasteiger charge is -2.10. The van der Waals surface area contributed by atoms with E-state index in [1.807, 2.05) is 69.3 Å². The largest absolute Gasteiger partial charge is 0.461 e. The Labute approximate surface area is 198 Å². The van der Waals surface area contributed by atoms with Gasteiger partial charge in [0, 0.05) is 12.1 Å². The van der Waals surface area contributed by atoms with Gasteiger partial charge in [0.2, 0.25) is 0 Å². The number of carbonyl (C=O) groups excluding carboxylic acids is 1. The van der Waals surface area contributed by atoms with Crippen molar-refractivity contribution < 1.29 is 9.53 Å². The zero-order valence-electron chi connectivity index (χ0n) is 19.7. The molecule has 34 heavy (non-hydrogen) atoms. The molecule has 0 aliphatic rings. The summed E-state index contributed by atoms with van der Waals surface area (Å²) in [4.78, 5) is 36.2. The van der Waals surface area contributed by atoms with E-state index >= 15 is 0 Å². The lowest BCUT2D eigenvalue weighted by atomic mass is 10.1. The SMILES string of the molecule is C=CCn1c(=O)n(-c2ccccc2C)c2nc(-c3ccc(C)cc3)nc(C(=O)OCCCC)c21. The summed E-state index contributed by atoms with van der Waals surface area (Å²) in [5, 5.41) is 0. The molecule has 7 heteroatoms. The number of esters is 1. The topological polar surface area (TPSA) is 79.0 Å². The van der Waals surface area contributed by atoms with Crippen LogP contribution >= 0.6 is 0 Å². The van der Waals surface area contributed by atoms with Gasteiger partial charge in [-0.2, -0.15) is 0 Å². The van der Waals surface area contributed by atoms with Crippen molar-refractivity contribution in [3.05, 3.63) is 88.5 Å². The fourth-order valence-corrected chi connectivity index (χ4v) is 3.84. The van der Waals surface area contributed by atoms with E-state index in [1.54, 1.807) is 6.08 Å². The van der Waals surface area contributed by atoms with Gasteiger partial charge in [-0.25, -0.2) is 24.1 Å². The van der Waals surface area contributed by atoms with Crippen molar-refractivity contribution in [2.75, 3.05) is 6.61 Å². The number of allylic oxidation sites excluding steroid dienone is 1. The number of hydrogen-bond acceptors (Lipinski definition) is 5. The molecule has 0 saturated carbocycles. The Morgan fingerprint density at radius 3 is 2.50 bits per heavy atom. The van der Waals surface area contributed by atoms with Gasteiger partial charge in [-0.3, -0.25) is 4.57 Å². The van der Waals surface area contributed by atoms with Crippen LogP contribution in [0.5, 0.6) is 0 Å². The Morgan fingerprint density at radius 1 is 1.09 bits per heavy atom. The molecule has 174 valence electrons. The number of unbranched alkanes of at least 4 members (excludes halogenated alkanes) is 1. The van der Waals surface area contributed by atoms with Crippen LogP contribution in [0.3, 0.4) is 0 Å². The highest BCUT2D eigenvalue weighted by molar-refractivity contribution is 6.00. The minimum absolute atomic E-state index is 0.0722. The van der Waals surface area contributed by atoms with Crippen LogP contribution in [0.4, 0.5) is 0 Å². The third-order valence-electron chi connectivity index (χ3n) is 5.67. The normalized spacial score (nSPS) is 11.0. The Morgan fingerprint density at radius 2 is 1.82 bits per heavy atom. The van der Waals surface area contributed by atoms with E-state index in [0.29, 0.717) is 22.7 Å². The summed E-state index contributed by atoms with van der Waals surface area (Å²) in [6.45, 7) is 10.2. The molecule has 0 amide bonds. The number of nitrogens with zero attached hydrogens (tertiary/aromatic N) is 4. The number of aryl methyl sites for hydroxylation is 2. The fourth-order valence-electron chi connectivity index (χ4n) is 3.84. The minimum Gasteiger partial charge on any atom is -0.461 e. The van der Waals surface area contributed by atoms with Crippen LogP contribution in [-0.4, -0.2) is 31.7 Å². The van der Waals surface area contributed by atoms with E-state index < -0.39 is 5.97 Å². The van der Waals surface area contributed by atoms with Crippen LogP contribution in [0.15, 0.2) is 66.0 Å². The Hall–Kier alpha value is -4.00. The molecule has 7 nitrogen and oxygen atoms in total. The van der Waals surface area contributed by atoms with Crippen molar-refractivity contribution in [2.24, 2.45) is 0 Å². The standard InChI is InChI=1S/C27H28N4O3/c1-5-7-17-34-26(32)22-23-25(29-24(28-22)20-14-12-18(3)13-15-20)31(27(33)30(23)16-6-2)21-11-9-8-10-19(21)4/h6,8-15H,2,5,7,16-17H2,1,3-4H3. The van der Waals surface area contributed by atoms with Gasteiger partial charge in [0.25, 0.3) is 0 Å². The van der Waals surface area contributed by atoms with E-state index in [1.165, 1.54) is 9.13 Å². The molecule has 0 aliphatic carbocycles. The van der Waals surface area contributed by atoms with E-state index in [-0.39, 0.29) is 24.5 Å². The molecule has 0 aliphatic heterocycles. The number of hydrogen-bond donors (Lipinski definition) is 0. The number of benzene rings is 2. The van der Waals surface area contributed by atoms with Crippen LogP contribution in [0.1, 0.15) is 41.4 Å². The highest BCUT2D eigenvalue weighted by atomic mass is 16.5. The maximum absolute atomic E-state index is 13.6. The summed E-state index contributed by atoms with van der Waals surface area (Å²) in [5.74, 6) is -0.220. The molecule has 0 radical (unpaired) electrons. The van der Waals surface area contributed by atoms with Gasteiger partial charge in [-0.05, 0) is 31.9 Å². The summed E-state index contributed by atoms with van der Waals surface area (Å²) in [7, 11) is 0. The Bertz CT molecular complexity index is 1410. The maximum atomic E-state index is 13.6. The van der Waals surface area contributed by atoms with Gasteiger partial charge in [0.1, 0.15) is 5.52 Å². The number of aromatic nitrogens is 4. The Kier molecular flexibility index (Phi) is 6.72. The maximum Gasteiger partial charge on any atom is 0.359 e. The number of fused-ring (bicyclic) bond motifs is 1. The molecule has 0 bridgehead atoms. The molecule has 4 aromatic rings. The lowest BCUT2D eigenvalue weighted by molar-refractivity contribution is 0.0495. The van der Waals surface area contributed by atoms with Gasteiger partial charge in [0.15, 0.2) is 17.2 Å². The van der Waals surface area contributed by atoms with Gasteiger partial charge in [0.05, 0.1) is 12.3 Å². The van der Waals surface area contributed by atoms with E-state index in [2.05, 4.69) is 11.6 Å². The van der Waals surface area contributed by atoms with Gasteiger partial charge in [-0.15, -0.1) is 6.58 Å². The third kappa shape index (κ3) is 4.29. The first kappa shape index (κ1) is 23.2. The summed E-state index contributed by atoms with van der Waals surface area (Å²) in [6, 6.07) is 15.3. The molecule has 0 fully saturated rings. The van der Waals surface area contributed by atoms with Crippen LogP contribution in [-0.2, 0) is 11.3 Å². The highest BCUT2D eigenvalue weighted by Gasteiger charge is 2.26. The lowest BCUT2D eigenvalue weighted by Crippen LogP contribution is -2.23. The number of para-hydroxylation sites is 1. The van der Waals surface area contributed by atoms with Crippen molar-refractivity contribution in [1.29, 1.82) is 0 Å². The molecule has 0 saturated heterocycles. The van der Waals surface area contributed by atoms with Gasteiger partial charge < -0.3 is 4.74 Å². The zero-order chi connectivity index (χ0) is 24.2. The first-order valence-electron chi connectivity index (χ1n) is 11.4. The van der Waals surface area contributed by atoms with Crippen molar-refractivity contribution in [3.63, 3.8) is 0 Å². The smallest absolute Gasteiger partial charge is 0.359 e. The number of imidazole rings is 1. The summed E-state index contributed by atoms with van der Waals surface area (Å²) < 4.78 is 8.53. The molecule has 2 aromatic heterocycles. The van der Waals surface area contributed by atoms with Crippen LogP contribution in [0.2, 0.25) is 0 Å². The molecule has 0 N–H and O–H groups in total. The average molecular weight is 457 g/mol. The van der Waals surface area contributed by atoms with Crippen molar-refractivity contribution in [2.45, 2.75) is 40.2 Å². The average Bonchev–Trinajstić information content (AvgIpc) is 3.11. The summed E-state index contributed by atoms with van der Waals surface area (Å²) in [6.07, 6.45) is 3.25. The first-order chi connectivity index (χ1) is 16.5. The minimum atomic E-state index is -0.575. The van der Waals surface area contributed by atoms with Crippen LogP contribution in [0.25, 0.3) is 28.2 Å². The van der Waals surface area contributed by atoms with Crippen LogP contribution in [0, 0.1) is 13.8 Å². The van der Waals surface area contributed by atoms with Crippen molar-refractivity contribution >= 4 is 17.1 Å². The van der Waals surface area contributed by atoms with E-state index in [0.717, 1.165) is 29.5 Å².